The van der Waals surface area contributed by atoms with Gasteiger partial charge in [-0.05, 0) is 36.4 Å². The Kier molecular flexibility index (Phi) is 11.3. The van der Waals surface area contributed by atoms with Crippen molar-refractivity contribution in [2.45, 2.75) is 0 Å². The molecule has 0 bridgehead atoms. The van der Waals surface area contributed by atoms with Crippen molar-refractivity contribution >= 4 is 60.0 Å². The minimum atomic E-state index is -0.676. The van der Waals surface area contributed by atoms with Crippen LogP contribution in [-0.4, -0.2) is 19.0 Å². The van der Waals surface area contributed by atoms with Gasteiger partial charge in [0.25, 0.3) is 0 Å². The van der Waals surface area contributed by atoms with Crippen LogP contribution in [0.4, 0.5) is 0 Å². The van der Waals surface area contributed by atoms with E-state index >= 15 is 0 Å². The monoisotopic (exact) mass is 552 g/mol. The van der Waals surface area contributed by atoms with Gasteiger partial charge in [0.15, 0.2) is 0 Å². The minimum absolute atomic E-state index is 0.451. The van der Waals surface area contributed by atoms with E-state index in [0.29, 0.717) is 0 Å². The summed E-state index contributed by atoms with van der Waals surface area (Å²) in [6, 6.07) is 33.2. The average Bonchev–Trinajstić information content (AvgIpc) is 2.71. The van der Waals surface area contributed by atoms with E-state index in [0.717, 1.165) is 11.3 Å². The van der Waals surface area contributed by atoms with E-state index in [4.69, 9.17) is 0 Å². The molecule has 0 amide bonds. The molecule has 0 aliphatic heterocycles. The predicted octanol–water partition coefficient (Wildman–Crippen LogP) is 5.71. The first-order valence-corrected chi connectivity index (χ1v) is 17.8. The topological polar surface area (TPSA) is 0 Å². The van der Waals surface area contributed by atoms with E-state index in [1.165, 1.54) is 22.9 Å². The fourth-order valence-corrected chi connectivity index (χ4v) is 8.56. The molecule has 1 atom stereocenters. The zero-order valence-electron chi connectivity index (χ0n) is 14.7. The first kappa shape index (κ1) is 22.3. The summed E-state index contributed by atoms with van der Waals surface area (Å²) in [6.45, 7) is 2.45. The third-order valence-corrected chi connectivity index (χ3v) is 9.89. The van der Waals surface area contributed by atoms with Crippen molar-refractivity contribution < 1.29 is 11.3 Å². The maximum absolute atomic E-state index is 3.06. The molecule has 5 heteroatoms. The molecule has 3 rings (SSSR count). The first-order valence-electron chi connectivity index (χ1n) is 8.46. The van der Waals surface area contributed by atoms with Gasteiger partial charge in [-0.1, -0.05) is 54.6 Å². The van der Waals surface area contributed by atoms with Gasteiger partial charge in [-0.15, -0.1) is 0 Å². The summed E-state index contributed by atoms with van der Waals surface area (Å²) in [7, 11) is -1.13. The molecule has 3 aromatic rings. The Bertz CT molecular complexity index is 687. The summed E-state index contributed by atoms with van der Waals surface area (Å²) < 4.78 is 0. The molecule has 0 aromatic heterocycles. The second-order valence-electron chi connectivity index (χ2n) is 5.91. The van der Waals surface area contributed by atoms with Crippen molar-refractivity contribution in [3.8, 4) is 0 Å². The molecule has 0 N–H and O–H groups in total. The van der Waals surface area contributed by atoms with Crippen molar-refractivity contribution in [2.75, 3.05) is 19.0 Å². The van der Waals surface area contributed by atoms with Crippen molar-refractivity contribution in [1.29, 1.82) is 0 Å². The molecule has 1 unspecified atom stereocenters. The number of hydrogen-bond acceptors (Lipinski definition) is 0. The number of hydrogen-bond donors (Lipinski definition) is 0. The molecule has 0 radical (unpaired) electrons. The summed E-state index contributed by atoms with van der Waals surface area (Å²) in [6.07, 6.45) is 2.66. The van der Waals surface area contributed by atoms with E-state index < -0.39 is 15.8 Å². The maximum atomic E-state index is 3.06. The van der Waals surface area contributed by atoms with Crippen LogP contribution in [0.25, 0.3) is 0 Å². The number of rotatable bonds is 6. The van der Waals surface area contributed by atoms with Crippen LogP contribution in [0.5, 0.6) is 0 Å². The third-order valence-electron chi connectivity index (χ3n) is 4.26. The van der Waals surface area contributed by atoms with E-state index in [1.807, 2.05) is 0 Å². The second kappa shape index (κ2) is 13.2. The van der Waals surface area contributed by atoms with Crippen LogP contribution in [-0.2, 0) is 11.3 Å². The molecular formula is C21H24Br2FeP2+2. The Hall–Kier alpha value is -0.000519. The van der Waals surface area contributed by atoms with Crippen LogP contribution >= 0.6 is 44.1 Å². The molecule has 138 valence electrons. The Morgan fingerprint density at radius 1 is 0.615 bits per heavy atom. The van der Waals surface area contributed by atoms with Crippen molar-refractivity contribution in [3.05, 3.63) is 91.0 Å². The normalized spacial score (nSPS) is 11.7. The zero-order valence-corrected chi connectivity index (χ0v) is 21.0. The molecule has 0 heterocycles. The fourth-order valence-electron chi connectivity index (χ4n) is 2.91. The summed E-state index contributed by atoms with van der Waals surface area (Å²) >= 11 is 7.00. The molecular weight excluding hydrogens is 530 g/mol. The van der Waals surface area contributed by atoms with Crippen LogP contribution in [0.3, 0.4) is 0 Å². The molecule has 3 aromatic carbocycles. The van der Waals surface area contributed by atoms with Gasteiger partial charge < -0.3 is 0 Å². The number of halogens is 2. The van der Waals surface area contributed by atoms with Gasteiger partial charge in [-0.25, -0.2) is 0 Å². The standard InChI is InChI=1S/C21H22P2.2BrH.Fe/c1-22(19-11-5-2-6-12-19)17-18-23(20-13-7-3-8-14-20)21-15-9-4-10-16-21;;;/h2-16H,17-18H2,1H3;2*1H;/q;;;+2. The molecule has 0 saturated carbocycles. The van der Waals surface area contributed by atoms with Crippen molar-refractivity contribution in [1.82, 2.24) is 0 Å². The van der Waals surface area contributed by atoms with Gasteiger partial charge in [0.05, 0.1) is 36.7 Å². The Morgan fingerprint density at radius 3 is 1.35 bits per heavy atom. The average molecular weight is 554 g/mol. The second-order valence-corrected chi connectivity index (χ2v) is 16.7. The first-order chi connectivity index (χ1) is 12.8. The van der Waals surface area contributed by atoms with Crippen LogP contribution in [0, 0.1) is 0 Å². The molecule has 0 spiro atoms. The van der Waals surface area contributed by atoms with Crippen LogP contribution in [0.1, 0.15) is 0 Å². The van der Waals surface area contributed by atoms with E-state index in [2.05, 4.69) is 126 Å². The van der Waals surface area contributed by atoms with Crippen LogP contribution in [0.15, 0.2) is 91.0 Å². The summed E-state index contributed by atoms with van der Waals surface area (Å²) in [5, 5.41) is 4.62. The van der Waals surface area contributed by atoms with Gasteiger partial charge in [-0.3, -0.25) is 0 Å². The fraction of sp³-hybridized carbons (Fsp3) is 0.143. The Balaban J connectivity index is 0.000000758. The van der Waals surface area contributed by atoms with Gasteiger partial charge in [0.1, 0.15) is 6.16 Å². The molecule has 26 heavy (non-hydrogen) atoms. The van der Waals surface area contributed by atoms with Gasteiger partial charge >= 0.3 is 39.6 Å². The quantitative estimate of drug-likeness (QED) is 0.271. The van der Waals surface area contributed by atoms with Gasteiger partial charge in [0.2, 0.25) is 0 Å². The van der Waals surface area contributed by atoms with Crippen molar-refractivity contribution in [3.63, 3.8) is 0 Å². The van der Waals surface area contributed by atoms with Crippen LogP contribution < -0.4 is 15.9 Å². The third kappa shape index (κ3) is 7.55. The summed E-state index contributed by atoms with van der Waals surface area (Å²) in [4.78, 5) is 0. The SMILES string of the molecule is C[PH+](CC[PH+](c1ccccc1)c1ccccc1)c1ccccc1.[Br][Fe][Br]. The number of benzene rings is 3. The zero-order chi connectivity index (χ0) is 18.6. The Labute approximate surface area is 180 Å². The predicted molar refractivity (Wildman–Crippen MR) is 128 cm³/mol. The summed E-state index contributed by atoms with van der Waals surface area (Å²) in [5.41, 5.74) is 0. The molecule has 0 saturated heterocycles. The molecule has 0 aliphatic carbocycles. The van der Waals surface area contributed by atoms with E-state index in [1.54, 1.807) is 5.30 Å². The van der Waals surface area contributed by atoms with Crippen molar-refractivity contribution in [2.24, 2.45) is 0 Å². The van der Waals surface area contributed by atoms with E-state index in [9.17, 15) is 0 Å². The molecule has 0 fully saturated rings. The van der Waals surface area contributed by atoms with E-state index in [-0.39, 0.29) is 0 Å². The van der Waals surface area contributed by atoms with Gasteiger partial charge in [0, 0.05) is 7.92 Å². The molecule has 0 aliphatic rings. The van der Waals surface area contributed by atoms with Crippen LogP contribution in [0.2, 0.25) is 0 Å². The molecule has 0 nitrogen and oxygen atoms in total. The Morgan fingerprint density at radius 2 is 0.962 bits per heavy atom. The van der Waals surface area contributed by atoms with Gasteiger partial charge in [-0.2, -0.15) is 0 Å². The summed E-state index contributed by atoms with van der Waals surface area (Å²) in [5.74, 6) is 0.